The van der Waals surface area contributed by atoms with Gasteiger partial charge in [0.15, 0.2) is 0 Å². The Labute approximate surface area is 100 Å². The first-order valence-corrected chi connectivity index (χ1v) is 5.34. The molecule has 0 saturated heterocycles. The maximum atomic E-state index is 10.9. The summed E-state index contributed by atoms with van der Waals surface area (Å²) < 4.78 is 4.96. The molecule has 0 atom stereocenters. The Morgan fingerprint density at radius 2 is 2.35 bits per heavy atom. The molecule has 6 heteroatoms. The minimum Gasteiger partial charge on any atom is -0.478 e. The number of aromatic nitrogens is 2. The Hall–Kier alpha value is -1.53. The number of ether oxygens (including phenoxy) is 1. The van der Waals surface area contributed by atoms with Crippen LogP contribution in [0, 0.1) is 0 Å². The zero-order valence-corrected chi connectivity index (χ0v) is 10.1. The van der Waals surface area contributed by atoms with Gasteiger partial charge in [-0.1, -0.05) is 0 Å². The molecule has 0 aliphatic heterocycles. The number of carboxylic acid groups (broad SMARTS) is 1. The molecule has 0 unspecified atom stereocenters. The number of rotatable bonds is 7. The summed E-state index contributed by atoms with van der Waals surface area (Å²) in [7, 11) is 3.58. The Bertz CT molecular complexity index is 371. The molecule has 94 valence electrons. The Balaban J connectivity index is 2.58. The number of hydrogen-bond acceptors (Lipinski definition) is 5. The van der Waals surface area contributed by atoms with Crippen LogP contribution in [-0.2, 0) is 11.3 Å². The van der Waals surface area contributed by atoms with Crippen LogP contribution < -0.4 is 0 Å². The third-order valence-corrected chi connectivity index (χ3v) is 2.33. The van der Waals surface area contributed by atoms with E-state index in [-0.39, 0.29) is 5.56 Å². The van der Waals surface area contributed by atoms with Gasteiger partial charge in [0.1, 0.15) is 11.9 Å². The van der Waals surface area contributed by atoms with Gasteiger partial charge in [-0.15, -0.1) is 0 Å². The van der Waals surface area contributed by atoms with Crippen molar-refractivity contribution in [3.63, 3.8) is 0 Å². The zero-order valence-electron chi connectivity index (χ0n) is 10.1. The summed E-state index contributed by atoms with van der Waals surface area (Å²) in [6.45, 7) is 2.02. The van der Waals surface area contributed by atoms with E-state index >= 15 is 0 Å². The first-order chi connectivity index (χ1) is 8.15. The lowest BCUT2D eigenvalue weighted by Gasteiger charge is -2.16. The summed E-state index contributed by atoms with van der Waals surface area (Å²) >= 11 is 0. The normalized spacial score (nSPS) is 10.8. The van der Waals surface area contributed by atoms with Crippen LogP contribution in [0.1, 0.15) is 22.5 Å². The standard InChI is InChI=1S/C11H17N3O3/c1-14(4-3-5-17-2)7-10-9(11(15)16)6-12-8-13-10/h6,8H,3-5,7H2,1-2H3,(H,15,16). The quantitative estimate of drug-likeness (QED) is 0.704. The van der Waals surface area contributed by atoms with Crippen molar-refractivity contribution in [2.75, 3.05) is 27.3 Å². The summed E-state index contributed by atoms with van der Waals surface area (Å²) in [6, 6.07) is 0. The Morgan fingerprint density at radius 1 is 1.59 bits per heavy atom. The maximum Gasteiger partial charge on any atom is 0.339 e. The molecule has 0 bridgehead atoms. The van der Waals surface area contributed by atoms with Crippen molar-refractivity contribution in [3.8, 4) is 0 Å². The number of hydrogen-bond donors (Lipinski definition) is 1. The molecule has 6 nitrogen and oxygen atoms in total. The van der Waals surface area contributed by atoms with Crippen molar-refractivity contribution in [3.05, 3.63) is 23.8 Å². The molecule has 1 heterocycles. The smallest absolute Gasteiger partial charge is 0.339 e. The molecule has 0 aliphatic rings. The summed E-state index contributed by atoms with van der Waals surface area (Å²) in [5.74, 6) is -0.995. The van der Waals surface area contributed by atoms with Gasteiger partial charge in [-0.05, 0) is 13.5 Å². The van der Waals surface area contributed by atoms with E-state index in [4.69, 9.17) is 9.84 Å². The molecule has 1 N–H and O–H groups in total. The van der Waals surface area contributed by atoms with Gasteiger partial charge < -0.3 is 14.7 Å². The predicted octanol–water partition coefficient (Wildman–Crippen LogP) is 0.643. The first-order valence-electron chi connectivity index (χ1n) is 5.34. The molecule has 17 heavy (non-hydrogen) atoms. The molecule has 0 radical (unpaired) electrons. The Kier molecular flexibility index (Phi) is 5.51. The minimum absolute atomic E-state index is 0.158. The second kappa shape index (κ2) is 6.93. The summed E-state index contributed by atoms with van der Waals surface area (Å²) in [5.41, 5.74) is 0.693. The monoisotopic (exact) mass is 239 g/mol. The molecule has 1 aromatic heterocycles. The van der Waals surface area contributed by atoms with Crippen molar-refractivity contribution in [1.82, 2.24) is 14.9 Å². The minimum atomic E-state index is -0.995. The van der Waals surface area contributed by atoms with Crippen LogP contribution in [0.5, 0.6) is 0 Å². The average molecular weight is 239 g/mol. The van der Waals surface area contributed by atoms with Crippen LogP contribution in [-0.4, -0.2) is 53.3 Å². The van der Waals surface area contributed by atoms with Crippen LogP contribution in [0.25, 0.3) is 0 Å². The van der Waals surface area contributed by atoms with Crippen LogP contribution in [0.2, 0.25) is 0 Å². The SMILES string of the molecule is COCCCN(C)Cc1ncncc1C(=O)O. The molecular formula is C11H17N3O3. The van der Waals surface area contributed by atoms with E-state index in [2.05, 4.69) is 9.97 Å². The highest BCUT2D eigenvalue weighted by Crippen LogP contribution is 2.06. The van der Waals surface area contributed by atoms with Crippen molar-refractivity contribution in [1.29, 1.82) is 0 Å². The van der Waals surface area contributed by atoms with Gasteiger partial charge in [0.2, 0.25) is 0 Å². The average Bonchev–Trinajstić information content (AvgIpc) is 2.29. The lowest BCUT2D eigenvalue weighted by Crippen LogP contribution is -2.22. The van der Waals surface area contributed by atoms with Gasteiger partial charge >= 0.3 is 5.97 Å². The highest BCUT2D eigenvalue weighted by molar-refractivity contribution is 5.88. The molecule has 0 spiro atoms. The molecule has 0 amide bonds. The maximum absolute atomic E-state index is 10.9. The van der Waals surface area contributed by atoms with Crippen LogP contribution in [0.4, 0.5) is 0 Å². The molecule has 0 saturated carbocycles. The number of methoxy groups -OCH3 is 1. The molecule has 0 fully saturated rings. The van der Waals surface area contributed by atoms with E-state index in [0.29, 0.717) is 18.8 Å². The van der Waals surface area contributed by atoms with Crippen LogP contribution >= 0.6 is 0 Å². The van der Waals surface area contributed by atoms with Gasteiger partial charge in [0, 0.05) is 33.0 Å². The lowest BCUT2D eigenvalue weighted by molar-refractivity contribution is 0.0693. The second-order valence-electron chi connectivity index (χ2n) is 3.77. The summed E-state index contributed by atoms with van der Waals surface area (Å²) in [4.78, 5) is 20.7. The van der Waals surface area contributed by atoms with Crippen LogP contribution in [0.3, 0.4) is 0 Å². The van der Waals surface area contributed by atoms with Gasteiger partial charge in [-0.3, -0.25) is 0 Å². The number of aromatic carboxylic acids is 1. The third kappa shape index (κ3) is 4.46. The molecule has 1 aromatic rings. The molecule has 1 rings (SSSR count). The molecule has 0 aliphatic carbocycles. The van der Waals surface area contributed by atoms with E-state index in [1.54, 1.807) is 7.11 Å². The zero-order chi connectivity index (χ0) is 12.7. The highest BCUT2D eigenvalue weighted by Gasteiger charge is 2.12. The van der Waals surface area contributed by atoms with Gasteiger partial charge in [0.25, 0.3) is 0 Å². The number of carbonyl (C=O) groups is 1. The van der Waals surface area contributed by atoms with E-state index in [1.807, 2.05) is 11.9 Å². The largest absolute Gasteiger partial charge is 0.478 e. The van der Waals surface area contributed by atoms with Crippen molar-refractivity contribution < 1.29 is 14.6 Å². The Morgan fingerprint density at radius 3 is 3.00 bits per heavy atom. The van der Waals surface area contributed by atoms with E-state index in [9.17, 15) is 4.79 Å². The highest BCUT2D eigenvalue weighted by atomic mass is 16.5. The predicted molar refractivity (Wildman–Crippen MR) is 61.8 cm³/mol. The first kappa shape index (κ1) is 13.5. The molecule has 0 aromatic carbocycles. The van der Waals surface area contributed by atoms with E-state index in [1.165, 1.54) is 12.5 Å². The van der Waals surface area contributed by atoms with Gasteiger partial charge in [-0.25, -0.2) is 14.8 Å². The van der Waals surface area contributed by atoms with E-state index < -0.39 is 5.97 Å². The van der Waals surface area contributed by atoms with Crippen molar-refractivity contribution >= 4 is 5.97 Å². The fourth-order valence-corrected chi connectivity index (χ4v) is 1.47. The lowest BCUT2D eigenvalue weighted by atomic mass is 10.2. The number of nitrogens with zero attached hydrogens (tertiary/aromatic N) is 3. The van der Waals surface area contributed by atoms with Crippen molar-refractivity contribution in [2.24, 2.45) is 0 Å². The second-order valence-corrected chi connectivity index (χ2v) is 3.77. The van der Waals surface area contributed by atoms with Gasteiger partial charge in [0.05, 0.1) is 5.69 Å². The third-order valence-electron chi connectivity index (χ3n) is 2.33. The summed E-state index contributed by atoms with van der Waals surface area (Å²) in [5, 5.41) is 8.97. The van der Waals surface area contributed by atoms with Crippen LogP contribution in [0.15, 0.2) is 12.5 Å². The number of carboxylic acids is 1. The van der Waals surface area contributed by atoms with Gasteiger partial charge in [-0.2, -0.15) is 0 Å². The topological polar surface area (TPSA) is 75.5 Å². The summed E-state index contributed by atoms with van der Waals surface area (Å²) in [6.07, 6.45) is 3.60. The van der Waals surface area contributed by atoms with Crippen molar-refractivity contribution in [2.45, 2.75) is 13.0 Å². The fourth-order valence-electron chi connectivity index (χ4n) is 1.47. The molecular weight excluding hydrogens is 222 g/mol. The fraction of sp³-hybridized carbons (Fsp3) is 0.545. The van der Waals surface area contributed by atoms with E-state index in [0.717, 1.165) is 13.0 Å².